The minimum Gasteiger partial charge on any atom is -0.383 e. The molecule has 0 atom stereocenters. The van der Waals surface area contributed by atoms with Gasteiger partial charge in [0, 0.05) is 17.5 Å². The van der Waals surface area contributed by atoms with Gasteiger partial charge in [-0.1, -0.05) is 36.1 Å². The molecule has 0 unspecified atom stereocenters. The van der Waals surface area contributed by atoms with Gasteiger partial charge in [-0.05, 0) is 50.1 Å². The molecular formula is C23H23N7O. The Hall–Kier alpha value is -4.07. The fraction of sp³-hybridized carbons (Fsp3) is 0.174. The summed E-state index contributed by atoms with van der Waals surface area (Å²) in [5.74, 6) is 0.102. The Kier molecular flexibility index (Phi) is 5.70. The fourth-order valence-electron chi connectivity index (χ4n) is 3.06. The highest BCUT2D eigenvalue weighted by Crippen LogP contribution is 2.24. The van der Waals surface area contributed by atoms with Crippen molar-refractivity contribution < 1.29 is 4.79 Å². The van der Waals surface area contributed by atoms with Crippen LogP contribution in [-0.2, 0) is 0 Å². The van der Waals surface area contributed by atoms with Gasteiger partial charge in [0.05, 0.1) is 17.2 Å². The zero-order valence-corrected chi connectivity index (χ0v) is 17.2. The third-order valence-electron chi connectivity index (χ3n) is 4.72. The first-order valence-corrected chi connectivity index (χ1v) is 9.98. The standard InChI is InChI=1S/C23H23N7O/c1-3-6-16(22(24)27-17-9-10-17)13-15(2)26-23(31)20-14-18(11-12-25-20)30-21-8-5-4-7-19(21)28-29-30/h3-8,11-14,17H,1,9-10H2,2H3,(H2,24,27)(H,26,31)/b15-13+,16-6+. The number of fused-ring (bicyclic) bond motifs is 1. The second-order valence-electron chi connectivity index (χ2n) is 7.27. The molecule has 156 valence electrons. The largest absolute Gasteiger partial charge is 0.383 e. The van der Waals surface area contributed by atoms with Crippen LogP contribution in [0.1, 0.15) is 30.3 Å². The number of nitrogens with zero attached hydrogens (tertiary/aromatic N) is 5. The van der Waals surface area contributed by atoms with Crippen molar-refractivity contribution in [1.29, 1.82) is 0 Å². The highest BCUT2D eigenvalue weighted by molar-refractivity contribution is 6.00. The molecule has 3 aromatic rings. The lowest BCUT2D eigenvalue weighted by atomic mass is 10.2. The topological polar surface area (TPSA) is 111 Å². The Morgan fingerprint density at radius 2 is 2.13 bits per heavy atom. The molecule has 0 saturated heterocycles. The monoisotopic (exact) mass is 413 g/mol. The van der Waals surface area contributed by atoms with Crippen LogP contribution in [0.2, 0.25) is 0 Å². The van der Waals surface area contributed by atoms with Crippen LogP contribution in [0.3, 0.4) is 0 Å². The van der Waals surface area contributed by atoms with Gasteiger partial charge in [-0.2, -0.15) is 0 Å². The molecule has 0 radical (unpaired) electrons. The Bertz CT molecular complexity index is 1230. The number of aromatic nitrogens is 4. The predicted molar refractivity (Wildman–Crippen MR) is 121 cm³/mol. The molecule has 4 rings (SSSR count). The zero-order chi connectivity index (χ0) is 21.8. The van der Waals surface area contributed by atoms with E-state index in [1.165, 1.54) is 0 Å². The number of aliphatic imine (C=N–C) groups is 1. The molecule has 1 aromatic carbocycles. The van der Waals surface area contributed by atoms with Crippen molar-refractivity contribution in [3.63, 3.8) is 0 Å². The van der Waals surface area contributed by atoms with Crippen LogP contribution in [0.5, 0.6) is 0 Å². The second kappa shape index (κ2) is 8.74. The molecule has 1 fully saturated rings. The van der Waals surface area contributed by atoms with Crippen LogP contribution >= 0.6 is 0 Å². The average Bonchev–Trinajstić information content (AvgIpc) is 3.48. The Labute approximate surface area is 179 Å². The maximum atomic E-state index is 12.8. The van der Waals surface area contributed by atoms with Gasteiger partial charge in [0.2, 0.25) is 0 Å². The molecular weight excluding hydrogens is 390 g/mol. The van der Waals surface area contributed by atoms with E-state index in [0.717, 1.165) is 23.9 Å². The summed E-state index contributed by atoms with van der Waals surface area (Å²) in [7, 11) is 0. The fourth-order valence-corrected chi connectivity index (χ4v) is 3.06. The van der Waals surface area contributed by atoms with E-state index in [2.05, 4.69) is 32.2 Å². The van der Waals surface area contributed by atoms with Crippen molar-refractivity contribution in [1.82, 2.24) is 25.3 Å². The summed E-state index contributed by atoms with van der Waals surface area (Å²) in [5.41, 5.74) is 10.0. The Morgan fingerprint density at radius 1 is 1.32 bits per heavy atom. The first-order chi connectivity index (χ1) is 15.0. The number of rotatable bonds is 7. The molecule has 1 aliphatic rings. The van der Waals surface area contributed by atoms with E-state index in [1.807, 2.05) is 24.3 Å². The van der Waals surface area contributed by atoms with Crippen LogP contribution < -0.4 is 11.1 Å². The Morgan fingerprint density at radius 3 is 2.90 bits per heavy atom. The van der Waals surface area contributed by atoms with Crippen molar-refractivity contribution >= 4 is 22.8 Å². The summed E-state index contributed by atoms with van der Waals surface area (Å²) in [4.78, 5) is 21.4. The number of hydrogen-bond acceptors (Lipinski definition) is 5. The summed E-state index contributed by atoms with van der Waals surface area (Å²) in [5, 5.41) is 11.2. The summed E-state index contributed by atoms with van der Waals surface area (Å²) >= 11 is 0. The number of benzene rings is 1. The van der Waals surface area contributed by atoms with Crippen LogP contribution in [0.25, 0.3) is 16.7 Å². The number of hydrogen-bond donors (Lipinski definition) is 2. The van der Waals surface area contributed by atoms with Crippen LogP contribution in [-0.4, -0.2) is 37.8 Å². The Balaban J connectivity index is 1.54. The number of carbonyl (C=O) groups is 1. The lowest BCUT2D eigenvalue weighted by Gasteiger charge is -2.08. The van der Waals surface area contributed by atoms with Crippen molar-refractivity contribution in [2.45, 2.75) is 25.8 Å². The number of carbonyl (C=O) groups excluding carboxylic acids is 1. The molecule has 8 nitrogen and oxygen atoms in total. The van der Waals surface area contributed by atoms with E-state index in [4.69, 9.17) is 5.73 Å². The van der Waals surface area contributed by atoms with Gasteiger partial charge in [-0.3, -0.25) is 14.8 Å². The molecule has 0 aliphatic heterocycles. The lowest BCUT2D eigenvalue weighted by Crippen LogP contribution is -2.24. The first-order valence-electron chi connectivity index (χ1n) is 9.98. The van der Waals surface area contributed by atoms with Crippen molar-refractivity contribution in [3.8, 4) is 5.69 Å². The van der Waals surface area contributed by atoms with Gasteiger partial charge < -0.3 is 11.1 Å². The van der Waals surface area contributed by atoms with Crippen molar-refractivity contribution in [3.05, 3.63) is 84.4 Å². The van der Waals surface area contributed by atoms with Gasteiger partial charge in [-0.15, -0.1) is 5.10 Å². The van der Waals surface area contributed by atoms with Gasteiger partial charge in [-0.25, -0.2) is 4.68 Å². The smallest absolute Gasteiger partial charge is 0.274 e. The van der Waals surface area contributed by atoms with E-state index in [0.29, 0.717) is 28.8 Å². The molecule has 2 aromatic heterocycles. The highest BCUT2D eigenvalue weighted by atomic mass is 16.1. The molecule has 0 spiro atoms. The third kappa shape index (κ3) is 4.75. The number of pyridine rings is 1. The minimum absolute atomic E-state index is 0.263. The molecule has 2 heterocycles. The average molecular weight is 413 g/mol. The number of amidine groups is 1. The van der Waals surface area contributed by atoms with E-state index >= 15 is 0 Å². The molecule has 3 N–H and O–H groups in total. The number of allylic oxidation sites excluding steroid dienone is 3. The maximum absolute atomic E-state index is 12.8. The molecule has 0 bridgehead atoms. The van der Waals surface area contributed by atoms with Gasteiger partial charge in [0.15, 0.2) is 0 Å². The van der Waals surface area contributed by atoms with E-state index < -0.39 is 0 Å². The molecule has 1 aliphatic carbocycles. The SMILES string of the molecule is C=C/C=C(\C=C(/C)NC(=O)c1cc(-n2nnc3ccccc32)ccn1)C(N)=NC1CC1. The number of nitrogens with two attached hydrogens (primary N) is 1. The first kappa shape index (κ1) is 20.2. The summed E-state index contributed by atoms with van der Waals surface area (Å²) in [6.07, 6.45) is 8.88. The number of para-hydroxylation sites is 1. The van der Waals surface area contributed by atoms with Crippen LogP contribution in [0, 0.1) is 0 Å². The number of amides is 1. The molecule has 1 amide bonds. The van der Waals surface area contributed by atoms with E-state index in [9.17, 15) is 4.79 Å². The predicted octanol–water partition coefficient (Wildman–Crippen LogP) is 3.08. The normalized spacial score (nSPS) is 15.2. The lowest BCUT2D eigenvalue weighted by molar-refractivity contribution is 0.0961. The van der Waals surface area contributed by atoms with Crippen LogP contribution in [0.4, 0.5) is 0 Å². The molecule has 1 saturated carbocycles. The maximum Gasteiger partial charge on any atom is 0.274 e. The summed E-state index contributed by atoms with van der Waals surface area (Å²) in [6.45, 7) is 5.51. The second-order valence-corrected chi connectivity index (χ2v) is 7.27. The van der Waals surface area contributed by atoms with Gasteiger partial charge >= 0.3 is 0 Å². The summed E-state index contributed by atoms with van der Waals surface area (Å²) in [6, 6.07) is 11.4. The van der Waals surface area contributed by atoms with Crippen LogP contribution in [0.15, 0.2) is 83.7 Å². The quantitative estimate of drug-likeness (QED) is 0.351. The highest BCUT2D eigenvalue weighted by Gasteiger charge is 2.21. The number of nitrogens with one attached hydrogen (secondary N) is 1. The molecule has 8 heteroatoms. The van der Waals surface area contributed by atoms with E-state index in [1.54, 1.807) is 48.2 Å². The third-order valence-corrected chi connectivity index (χ3v) is 4.72. The van der Waals surface area contributed by atoms with E-state index in [-0.39, 0.29) is 11.6 Å². The summed E-state index contributed by atoms with van der Waals surface area (Å²) < 4.78 is 1.68. The van der Waals surface area contributed by atoms with Gasteiger partial charge in [0.25, 0.3) is 5.91 Å². The van der Waals surface area contributed by atoms with Crippen molar-refractivity contribution in [2.24, 2.45) is 10.7 Å². The van der Waals surface area contributed by atoms with Gasteiger partial charge in [0.1, 0.15) is 17.0 Å². The molecule has 31 heavy (non-hydrogen) atoms. The minimum atomic E-state index is -0.337. The van der Waals surface area contributed by atoms with Crippen molar-refractivity contribution in [2.75, 3.05) is 0 Å². The zero-order valence-electron chi connectivity index (χ0n) is 17.2.